The minimum atomic E-state index is -0.432. The van der Waals surface area contributed by atoms with Gasteiger partial charge < -0.3 is 14.7 Å². The summed E-state index contributed by atoms with van der Waals surface area (Å²) in [7, 11) is 0. The molecule has 3 atom stereocenters. The summed E-state index contributed by atoms with van der Waals surface area (Å²) in [4.78, 5) is 13.6. The van der Waals surface area contributed by atoms with E-state index in [1.54, 1.807) is 4.90 Å². The largest absolute Gasteiger partial charge is 0.444 e. The standard InChI is InChI=1S/C11H19NO3/c1-11(2,3)15-10(14)12-5-4-7-8(6-13)9(7)12/h7-9,13H,4-6H2,1-3H3/t7-,8-,9-/m1/s1. The molecular weight excluding hydrogens is 194 g/mol. The molecule has 0 radical (unpaired) electrons. The zero-order chi connectivity index (χ0) is 11.2. The number of aliphatic hydroxyl groups is 1. The van der Waals surface area contributed by atoms with Crippen LogP contribution in [0.15, 0.2) is 0 Å². The first-order valence-electron chi connectivity index (χ1n) is 5.54. The predicted molar refractivity (Wildman–Crippen MR) is 55.4 cm³/mol. The number of carbonyl (C=O) groups excluding carboxylic acids is 1. The molecule has 1 saturated heterocycles. The van der Waals surface area contributed by atoms with Crippen LogP contribution in [0, 0.1) is 11.8 Å². The second-order valence-electron chi connectivity index (χ2n) is 5.46. The number of amides is 1. The summed E-state index contributed by atoms with van der Waals surface area (Å²) in [5.74, 6) is 0.814. The molecule has 4 nitrogen and oxygen atoms in total. The number of piperidine rings is 1. The van der Waals surface area contributed by atoms with E-state index in [0.29, 0.717) is 11.8 Å². The molecule has 1 amide bonds. The lowest BCUT2D eigenvalue weighted by molar-refractivity contribution is 0.0244. The van der Waals surface area contributed by atoms with Gasteiger partial charge in [-0.1, -0.05) is 0 Å². The van der Waals surface area contributed by atoms with Crippen LogP contribution in [0.1, 0.15) is 27.2 Å². The van der Waals surface area contributed by atoms with E-state index < -0.39 is 5.60 Å². The van der Waals surface area contributed by atoms with Gasteiger partial charge in [-0.25, -0.2) is 4.79 Å². The van der Waals surface area contributed by atoms with Gasteiger partial charge in [-0.3, -0.25) is 0 Å². The monoisotopic (exact) mass is 213 g/mol. The molecule has 0 unspecified atom stereocenters. The van der Waals surface area contributed by atoms with Crippen LogP contribution in [0.4, 0.5) is 4.79 Å². The van der Waals surface area contributed by atoms with Gasteiger partial charge in [0.2, 0.25) is 0 Å². The molecule has 1 aliphatic carbocycles. The van der Waals surface area contributed by atoms with Gasteiger partial charge in [0.25, 0.3) is 0 Å². The molecule has 0 aromatic carbocycles. The van der Waals surface area contributed by atoms with E-state index in [-0.39, 0.29) is 18.7 Å². The Bertz CT molecular complexity index is 267. The Balaban J connectivity index is 1.92. The highest BCUT2D eigenvalue weighted by atomic mass is 16.6. The number of aliphatic hydroxyl groups excluding tert-OH is 1. The van der Waals surface area contributed by atoms with E-state index in [9.17, 15) is 4.79 Å². The normalized spacial score (nSPS) is 33.9. The van der Waals surface area contributed by atoms with Crippen LogP contribution in [0.3, 0.4) is 0 Å². The second kappa shape index (κ2) is 3.37. The predicted octanol–water partition coefficient (Wildman–Crippen LogP) is 1.23. The highest BCUT2D eigenvalue weighted by Crippen LogP contribution is 2.50. The van der Waals surface area contributed by atoms with Gasteiger partial charge in [-0.2, -0.15) is 0 Å². The first-order chi connectivity index (χ1) is 6.94. The fraction of sp³-hybridized carbons (Fsp3) is 0.909. The number of hydrogen-bond acceptors (Lipinski definition) is 3. The lowest BCUT2D eigenvalue weighted by Crippen LogP contribution is -2.38. The zero-order valence-electron chi connectivity index (χ0n) is 9.56. The van der Waals surface area contributed by atoms with Crippen LogP contribution in [-0.4, -0.2) is 40.9 Å². The average molecular weight is 213 g/mol. The van der Waals surface area contributed by atoms with E-state index in [2.05, 4.69) is 0 Å². The summed E-state index contributed by atoms with van der Waals surface area (Å²) in [5.41, 5.74) is -0.432. The lowest BCUT2D eigenvalue weighted by atomic mass is 10.2. The van der Waals surface area contributed by atoms with Crippen LogP contribution in [-0.2, 0) is 4.74 Å². The summed E-state index contributed by atoms with van der Waals surface area (Å²) >= 11 is 0. The van der Waals surface area contributed by atoms with Crippen molar-refractivity contribution in [1.82, 2.24) is 4.90 Å². The third-order valence-electron chi connectivity index (χ3n) is 3.19. The number of rotatable bonds is 1. The van der Waals surface area contributed by atoms with Crippen LogP contribution < -0.4 is 0 Å². The highest BCUT2D eigenvalue weighted by molar-refractivity contribution is 5.70. The molecule has 0 spiro atoms. The molecule has 15 heavy (non-hydrogen) atoms. The van der Waals surface area contributed by atoms with Crippen molar-refractivity contribution < 1.29 is 14.6 Å². The van der Waals surface area contributed by atoms with Crippen molar-refractivity contribution >= 4 is 6.09 Å². The van der Waals surface area contributed by atoms with Crippen LogP contribution in [0.25, 0.3) is 0 Å². The van der Waals surface area contributed by atoms with Crippen molar-refractivity contribution in [1.29, 1.82) is 0 Å². The SMILES string of the molecule is CC(C)(C)OC(=O)N1CC[C@@H]2[C@@H](CO)[C@@H]21. The summed E-state index contributed by atoms with van der Waals surface area (Å²) in [6.45, 7) is 6.58. The molecular formula is C11H19NO3. The summed E-state index contributed by atoms with van der Waals surface area (Å²) in [6.07, 6.45) is 0.778. The Kier molecular flexibility index (Phi) is 2.41. The van der Waals surface area contributed by atoms with Gasteiger partial charge >= 0.3 is 6.09 Å². The number of hydrogen-bond donors (Lipinski definition) is 1. The Morgan fingerprint density at radius 3 is 2.67 bits per heavy atom. The van der Waals surface area contributed by atoms with Crippen LogP contribution in [0.5, 0.6) is 0 Å². The van der Waals surface area contributed by atoms with Gasteiger partial charge in [-0.15, -0.1) is 0 Å². The molecule has 2 fully saturated rings. The molecule has 2 rings (SSSR count). The van der Waals surface area contributed by atoms with Gasteiger partial charge in [0.15, 0.2) is 0 Å². The van der Waals surface area contributed by atoms with Crippen molar-refractivity contribution in [2.24, 2.45) is 11.8 Å². The molecule has 1 saturated carbocycles. The molecule has 1 N–H and O–H groups in total. The maximum atomic E-state index is 11.8. The van der Waals surface area contributed by atoms with Crippen molar-refractivity contribution in [2.45, 2.75) is 38.8 Å². The Morgan fingerprint density at radius 1 is 1.53 bits per heavy atom. The third-order valence-corrected chi connectivity index (χ3v) is 3.19. The van der Waals surface area contributed by atoms with Gasteiger partial charge in [-0.05, 0) is 33.1 Å². The van der Waals surface area contributed by atoms with E-state index >= 15 is 0 Å². The average Bonchev–Trinajstić information content (AvgIpc) is 2.60. The molecule has 4 heteroatoms. The molecule has 86 valence electrons. The topological polar surface area (TPSA) is 49.8 Å². The first kappa shape index (κ1) is 10.7. The molecule has 0 aromatic rings. The van der Waals surface area contributed by atoms with Crippen molar-refractivity contribution in [3.05, 3.63) is 0 Å². The first-order valence-corrected chi connectivity index (χ1v) is 5.54. The summed E-state index contributed by atoms with van der Waals surface area (Å²) < 4.78 is 5.32. The molecule has 0 aromatic heterocycles. The minimum Gasteiger partial charge on any atom is -0.444 e. The summed E-state index contributed by atoms with van der Waals surface area (Å²) in [6, 6.07) is 0.241. The smallest absolute Gasteiger partial charge is 0.410 e. The van der Waals surface area contributed by atoms with Crippen molar-refractivity contribution in [3.8, 4) is 0 Å². The molecule has 1 heterocycles. The Morgan fingerprint density at radius 2 is 2.20 bits per heavy atom. The molecule has 1 aliphatic heterocycles. The number of ether oxygens (including phenoxy) is 1. The van der Waals surface area contributed by atoms with E-state index in [4.69, 9.17) is 9.84 Å². The van der Waals surface area contributed by atoms with E-state index in [1.807, 2.05) is 20.8 Å². The van der Waals surface area contributed by atoms with Gasteiger partial charge in [0, 0.05) is 25.1 Å². The maximum Gasteiger partial charge on any atom is 0.410 e. The second-order valence-corrected chi connectivity index (χ2v) is 5.46. The quantitative estimate of drug-likeness (QED) is 0.712. The minimum absolute atomic E-state index is 0.189. The zero-order valence-corrected chi connectivity index (χ0v) is 9.56. The van der Waals surface area contributed by atoms with E-state index in [0.717, 1.165) is 13.0 Å². The lowest BCUT2D eigenvalue weighted by Gasteiger charge is -2.26. The van der Waals surface area contributed by atoms with Crippen molar-refractivity contribution in [3.63, 3.8) is 0 Å². The fourth-order valence-electron chi connectivity index (χ4n) is 2.49. The fourth-order valence-corrected chi connectivity index (χ4v) is 2.49. The van der Waals surface area contributed by atoms with Gasteiger partial charge in [0.1, 0.15) is 5.60 Å². The number of likely N-dealkylation sites (tertiary alicyclic amines) is 1. The van der Waals surface area contributed by atoms with Crippen LogP contribution in [0.2, 0.25) is 0 Å². The third kappa shape index (κ3) is 1.95. The van der Waals surface area contributed by atoms with Crippen molar-refractivity contribution in [2.75, 3.05) is 13.2 Å². The van der Waals surface area contributed by atoms with E-state index in [1.165, 1.54) is 0 Å². The summed E-state index contributed by atoms with van der Waals surface area (Å²) in [5, 5.41) is 9.07. The Hall–Kier alpha value is -0.770. The number of nitrogens with zero attached hydrogens (tertiary/aromatic N) is 1. The number of carbonyl (C=O) groups is 1. The maximum absolute atomic E-state index is 11.8. The molecule has 2 aliphatic rings. The van der Waals surface area contributed by atoms with Gasteiger partial charge in [0.05, 0.1) is 0 Å². The number of fused-ring (bicyclic) bond motifs is 1. The highest BCUT2D eigenvalue weighted by Gasteiger charge is 2.58. The molecule has 0 bridgehead atoms. The Labute approximate surface area is 90.2 Å². The van der Waals surface area contributed by atoms with Crippen LogP contribution >= 0.6 is 0 Å².